The van der Waals surface area contributed by atoms with Crippen molar-refractivity contribution in [3.63, 3.8) is 0 Å². The van der Waals surface area contributed by atoms with E-state index in [9.17, 15) is 0 Å². The molecule has 0 aromatic carbocycles. The lowest BCUT2D eigenvalue weighted by atomic mass is 10.0. The van der Waals surface area contributed by atoms with Gasteiger partial charge in [-0.25, -0.2) is 4.98 Å². The Kier molecular flexibility index (Phi) is 4.85. The standard InChI is InChI=1S/C11H17ClN2O/c1-8(2)10(5-6-15)14-11-4-3-9(12)7-13-11/h3-4,7-8,10,15H,5-6H2,1-2H3,(H,13,14). The van der Waals surface area contributed by atoms with E-state index in [1.54, 1.807) is 12.3 Å². The second-order valence-electron chi connectivity index (χ2n) is 3.87. The normalized spacial score (nSPS) is 12.9. The summed E-state index contributed by atoms with van der Waals surface area (Å²) in [6, 6.07) is 3.88. The van der Waals surface area contributed by atoms with Crippen molar-refractivity contribution in [2.24, 2.45) is 5.92 Å². The minimum absolute atomic E-state index is 0.184. The summed E-state index contributed by atoms with van der Waals surface area (Å²) in [4.78, 5) is 4.16. The maximum Gasteiger partial charge on any atom is 0.126 e. The SMILES string of the molecule is CC(C)C(CCO)Nc1ccc(Cl)cn1. The van der Waals surface area contributed by atoms with Crippen molar-refractivity contribution < 1.29 is 5.11 Å². The summed E-state index contributed by atoms with van der Waals surface area (Å²) >= 11 is 5.74. The fourth-order valence-electron chi connectivity index (χ4n) is 1.36. The first-order valence-corrected chi connectivity index (χ1v) is 5.50. The third kappa shape index (κ3) is 4.06. The van der Waals surface area contributed by atoms with Crippen LogP contribution in [0.25, 0.3) is 0 Å². The Labute approximate surface area is 95.5 Å². The van der Waals surface area contributed by atoms with Crippen LogP contribution >= 0.6 is 11.6 Å². The highest BCUT2D eigenvalue weighted by atomic mass is 35.5. The van der Waals surface area contributed by atoms with Gasteiger partial charge in [-0.05, 0) is 24.5 Å². The monoisotopic (exact) mass is 228 g/mol. The molecule has 1 aromatic heterocycles. The van der Waals surface area contributed by atoms with Crippen molar-refractivity contribution in [2.75, 3.05) is 11.9 Å². The van der Waals surface area contributed by atoms with Crippen molar-refractivity contribution in [1.82, 2.24) is 4.98 Å². The minimum Gasteiger partial charge on any atom is -0.396 e. The van der Waals surface area contributed by atoms with E-state index in [1.165, 1.54) is 0 Å². The molecule has 1 rings (SSSR count). The van der Waals surface area contributed by atoms with Crippen LogP contribution < -0.4 is 5.32 Å². The molecule has 0 radical (unpaired) electrons. The summed E-state index contributed by atoms with van der Waals surface area (Å²) in [6.45, 7) is 4.41. The number of pyridine rings is 1. The molecule has 0 saturated heterocycles. The summed E-state index contributed by atoms with van der Waals surface area (Å²) < 4.78 is 0. The van der Waals surface area contributed by atoms with E-state index in [1.807, 2.05) is 6.07 Å². The molecule has 1 heterocycles. The number of nitrogens with zero attached hydrogens (tertiary/aromatic N) is 1. The Morgan fingerprint density at radius 2 is 2.20 bits per heavy atom. The number of hydrogen-bond donors (Lipinski definition) is 2. The summed E-state index contributed by atoms with van der Waals surface area (Å²) in [5.41, 5.74) is 0. The van der Waals surface area contributed by atoms with Gasteiger partial charge in [0.25, 0.3) is 0 Å². The van der Waals surface area contributed by atoms with Crippen LogP contribution in [0.15, 0.2) is 18.3 Å². The maximum absolute atomic E-state index is 8.93. The molecule has 0 amide bonds. The van der Waals surface area contributed by atoms with Gasteiger partial charge in [-0.2, -0.15) is 0 Å². The number of nitrogens with one attached hydrogen (secondary N) is 1. The molecule has 0 saturated carbocycles. The molecular weight excluding hydrogens is 212 g/mol. The van der Waals surface area contributed by atoms with Crippen molar-refractivity contribution >= 4 is 17.4 Å². The van der Waals surface area contributed by atoms with Crippen LogP contribution in [0.2, 0.25) is 5.02 Å². The van der Waals surface area contributed by atoms with E-state index in [-0.39, 0.29) is 12.6 Å². The van der Waals surface area contributed by atoms with Gasteiger partial charge in [-0.15, -0.1) is 0 Å². The van der Waals surface area contributed by atoms with Crippen molar-refractivity contribution in [3.8, 4) is 0 Å². The highest BCUT2D eigenvalue weighted by Crippen LogP contribution is 2.15. The molecule has 0 aliphatic carbocycles. The summed E-state index contributed by atoms with van der Waals surface area (Å²) in [5, 5.41) is 12.8. The van der Waals surface area contributed by atoms with Crippen LogP contribution in [-0.4, -0.2) is 22.7 Å². The Balaban J connectivity index is 2.61. The molecule has 1 unspecified atom stereocenters. The number of halogens is 1. The van der Waals surface area contributed by atoms with Crippen LogP contribution in [0.1, 0.15) is 20.3 Å². The van der Waals surface area contributed by atoms with Crippen molar-refractivity contribution in [1.29, 1.82) is 0 Å². The Morgan fingerprint density at radius 1 is 1.47 bits per heavy atom. The predicted octanol–water partition coefficient (Wildman–Crippen LogP) is 2.55. The number of aliphatic hydroxyl groups is 1. The first-order valence-electron chi connectivity index (χ1n) is 5.12. The third-order valence-electron chi connectivity index (χ3n) is 2.31. The van der Waals surface area contributed by atoms with E-state index in [0.717, 1.165) is 12.2 Å². The second-order valence-corrected chi connectivity index (χ2v) is 4.31. The lowest BCUT2D eigenvalue weighted by Crippen LogP contribution is -2.27. The van der Waals surface area contributed by atoms with Crippen molar-refractivity contribution in [2.45, 2.75) is 26.3 Å². The minimum atomic E-state index is 0.184. The third-order valence-corrected chi connectivity index (χ3v) is 2.53. The summed E-state index contributed by atoms with van der Waals surface area (Å²) in [6.07, 6.45) is 2.34. The molecule has 15 heavy (non-hydrogen) atoms. The number of anilines is 1. The van der Waals surface area contributed by atoms with Gasteiger partial charge >= 0.3 is 0 Å². The van der Waals surface area contributed by atoms with E-state index >= 15 is 0 Å². The molecule has 84 valence electrons. The van der Waals surface area contributed by atoms with E-state index in [0.29, 0.717) is 10.9 Å². The zero-order valence-electron chi connectivity index (χ0n) is 9.07. The number of aliphatic hydroxyl groups excluding tert-OH is 1. The van der Waals surface area contributed by atoms with E-state index < -0.39 is 0 Å². The van der Waals surface area contributed by atoms with Gasteiger partial charge in [0.15, 0.2) is 0 Å². The largest absolute Gasteiger partial charge is 0.396 e. The summed E-state index contributed by atoms with van der Waals surface area (Å²) in [7, 11) is 0. The van der Waals surface area contributed by atoms with Gasteiger partial charge in [0.2, 0.25) is 0 Å². The fraction of sp³-hybridized carbons (Fsp3) is 0.545. The molecular formula is C11H17ClN2O. The van der Waals surface area contributed by atoms with Gasteiger partial charge in [0.05, 0.1) is 5.02 Å². The predicted molar refractivity (Wildman–Crippen MR) is 63.2 cm³/mol. The molecule has 1 aromatic rings. The molecule has 0 aliphatic heterocycles. The van der Waals surface area contributed by atoms with Crippen LogP contribution in [0.5, 0.6) is 0 Å². The van der Waals surface area contributed by atoms with Crippen LogP contribution in [0, 0.1) is 5.92 Å². The molecule has 3 nitrogen and oxygen atoms in total. The van der Waals surface area contributed by atoms with Crippen LogP contribution in [-0.2, 0) is 0 Å². The first kappa shape index (κ1) is 12.3. The van der Waals surface area contributed by atoms with Gasteiger partial charge in [0, 0.05) is 18.8 Å². The number of rotatable bonds is 5. The molecule has 4 heteroatoms. The Hall–Kier alpha value is -0.800. The molecule has 0 spiro atoms. The first-order chi connectivity index (χ1) is 7.13. The zero-order valence-corrected chi connectivity index (χ0v) is 9.83. The smallest absolute Gasteiger partial charge is 0.126 e. The topological polar surface area (TPSA) is 45.1 Å². The quantitative estimate of drug-likeness (QED) is 0.814. The zero-order chi connectivity index (χ0) is 11.3. The fourth-order valence-corrected chi connectivity index (χ4v) is 1.47. The summed E-state index contributed by atoms with van der Waals surface area (Å²) in [5.74, 6) is 1.25. The molecule has 1 atom stereocenters. The van der Waals surface area contributed by atoms with E-state index in [4.69, 9.17) is 16.7 Å². The Morgan fingerprint density at radius 3 is 2.67 bits per heavy atom. The number of hydrogen-bond acceptors (Lipinski definition) is 3. The average molecular weight is 229 g/mol. The van der Waals surface area contributed by atoms with Gasteiger partial charge in [0.1, 0.15) is 5.82 Å². The Bertz CT molecular complexity index is 287. The molecule has 0 aliphatic rings. The highest BCUT2D eigenvalue weighted by Gasteiger charge is 2.12. The highest BCUT2D eigenvalue weighted by molar-refractivity contribution is 6.30. The number of aromatic nitrogens is 1. The van der Waals surface area contributed by atoms with Gasteiger partial charge in [-0.3, -0.25) is 0 Å². The van der Waals surface area contributed by atoms with Crippen molar-refractivity contribution in [3.05, 3.63) is 23.4 Å². The molecule has 2 N–H and O–H groups in total. The van der Waals surface area contributed by atoms with E-state index in [2.05, 4.69) is 24.1 Å². The molecule has 0 fully saturated rings. The average Bonchev–Trinajstić information content (AvgIpc) is 2.20. The molecule has 0 bridgehead atoms. The second kappa shape index (κ2) is 5.93. The lowest BCUT2D eigenvalue weighted by molar-refractivity contribution is 0.267. The maximum atomic E-state index is 8.93. The van der Waals surface area contributed by atoms with Crippen LogP contribution in [0.4, 0.5) is 5.82 Å². The van der Waals surface area contributed by atoms with Gasteiger partial charge < -0.3 is 10.4 Å². The lowest BCUT2D eigenvalue weighted by Gasteiger charge is -2.21. The van der Waals surface area contributed by atoms with Gasteiger partial charge in [-0.1, -0.05) is 25.4 Å². The van der Waals surface area contributed by atoms with Crippen LogP contribution in [0.3, 0.4) is 0 Å².